The first-order valence-electron chi connectivity index (χ1n) is 10.2. The van der Waals surface area contributed by atoms with Gasteiger partial charge < -0.3 is 9.64 Å². The number of nitrogens with zero attached hydrogens (tertiary/aromatic N) is 5. The SMILES string of the molecule is O=C([C@H](Sc1nnc(-c2ccncc2)n1C1CC1)c1ccccc1)N1CCOCC1. The molecule has 0 bridgehead atoms. The van der Waals surface area contributed by atoms with Gasteiger partial charge in [-0.2, -0.15) is 0 Å². The third-order valence-electron chi connectivity index (χ3n) is 5.39. The predicted molar refractivity (Wildman–Crippen MR) is 114 cm³/mol. The van der Waals surface area contributed by atoms with Crippen LogP contribution in [0.2, 0.25) is 0 Å². The number of carbonyl (C=O) groups is 1. The maximum atomic E-state index is 13.5. The van der Waals surface area contributed by atoms with Crippen LogP contribution in [0.15, 0.2) is 60.0 Å². The summed E-state index contributed by atoms with van der Waals surface area (Å²) in [5.41, 5.74) is 1.97. The van der Waals surface area contributed by atoms with E-state index >= 15 is 0 Å². The summed E-state index contributed by atoms with van der Waals surface area (Å²) >= 11 is 1.50. The Morgan fingerprint density at radius 2 is 1.77 bits per heavy atom. The van der Waals surface area contributed by atoms with E-state index in [2.05, 4.69) is 19.7 Å². The number of rotatable bonds is 6. The molecular weight excluding hydrogens is 398 g/mol. The second kappa shape index (κ2) is 8.57. The number of benzene rings is 1. The lowest BCUT2D eigenvalue weighted by Crippen LogP contribution is -2.42. The van der Waals surface area contributed by atoms with E-state index in [4.69, 9.17) is 4.74 Å². The van der Waals surface area contributed by atoms with Crippen LogP contribution in [0.25, 0.3) is 11.4 Å². The molecule has 3 heterocycles. The quantitative estimate of drug-likeness (QED) is 0.568. The molecule has 30 heavy (non-hydrogen) atoms. The maximum absolute atomic E-state index is 13.5. The van der Waals surface area contributed by atoms with Gasteiger partial charge in [0.15, 0.2) is 11.0 Å². The molecular formula is C22H23N5O2S. The topological polar surface area (TPSA) is 73.1 Å². The van der Waals surface area contributed by atoms with Crippen LogP contribution in [0.1, 0.15) is 29.7 Å². The van der Waals surface area contributed by atoms with Crippen LogP contribution >= 0.6 is 11.8 Å². The van der Waals surface area contributed by atoms with Gasteiger partial charge in [0.1, 0.15) is 5.25 Å². The van der Waals surface area contributed by atoms with Crippen molar-refractivity contribution in [2.45, 2.75) is 29.3 Å². The first kappa shape index (κ1) is 19.3. The van der Waals surface area contributed by atoms with Gasteiger partial charge in [0.2, 0.25) is 5.91 Å². The third kappa shape index (κ3) is 3.97. The number of amides is 1. The van der Waals surface area contributed by atoms with Gasteiger partial charge in [-0.3, -0.25) is 14.3 Å². The normalized spacial score (nSPS) is 17.7. The molecule has 8 heteroatoms. The molecule has 7 nitrogen and oxygen atoms in total. The van der Waals surface area contributed by atoms with Crippen LogP contribution in [0.3, 0.4) is 0 Å². The molecule has 1 aliphatic heterocycles. The second-order valence-electron chi connectivity index (χ2n) is 7.49. The molecule has 1 aliphatic carbocycles. The molecule has 0 N–H and O–H groups in total. The molecule has 0 unspecified atom stereocenters. The van der Waals surface area contributed by atoms with Gasteiger partial charge in [-0.25, -0.2) is 0 Å². The minimum atomic E-state index is -0.365. The zero-order chi connectivity index (χ0) is 20.3. The number of hydrogen-bond donors (Lipinski definition) is 0. The molecule has 5 rings (SSSR count). The summed E-state index contributed by atoms with van der Waals surface area (Å²) in [6.45, 7) is 2.42. The van der Waals surface area contributed by atoms with E-state index in [1.807, 2.05) is 47.4 Å². The summed E-state index contributed by atoms with van der Waals surface area (Å²) in [5, 5.41) is 9.42. The summed E-state index contributed by atoms with van der Waals surface area (Å²) in [4.78, 5) is 19.5. The number of thioether (sulfide) groups is 1. The first-order chi connectivity index (χ1) is 14.8. The van der Waals surface area contributed by atoms with Crippen molar-refractivity contribution in [2.24, 2.45) is 0 Å². The minimum absolute atomic E-state index is 0.102. The maximum Gasteiger partial charge on any atom is 0.240 e. The van der Waals surface area contributed by atoms with E-state index < -0.39 is 0 Å². The predicted octanol–water partition coefficient (Wildman–Crippen LogP) is 3.37. The fourth-order valence-corrected chi connectivity index (χ4v) is 4.85. The molecule has 3 aromatic rings. The van der Waals surface area contributed by atoms with E-state index in [0.29, 0.717) is 32.3 Å². The molecule has 1 saturated heterocycles. The van der Waals surface area contributed by atoms with Crippen LogP contribution in [-0.2, 0) is 9.53 Å². The third-order valence-corrected chi connectivity index (χ3v) is 6.59. The summed E-state index contributed by atoms with van der Waals surface area (Å²) in [6, 6.07) is 14.2. The van der Waals surface area contributed by atoms with E-state index in [0.717, 1.165) is 34.9 Å². The lowest BCUT2D eigenvalue weighted by atomic mass is 10.1. The highest BCUT2D eigenvalue weighted by Crippen LogP contribution is 2.44. The van der Waals surface area contributed by atoms with Crippen molar-refractivity contribution in [2.75, 3.05) is 26.3 Å². The van der Waals surface area contributed by atoms with Gasteiger partial charge in [0, 0.05) is 37.1 Å². The zero-order valence-electron chi connectivity index (χ0n) is 16.6. The smallest absolute Gasteiger partial charge is 0.240 e. The van der Waals surface area contributed by atoms with E-state index in [9.17, 15) is 4.79 Å². The van der Waals surface area contributed by atoms with Gasteiger partial charge in [0.05, 0.1) is 13.2 Å². The number of pyridine rings is 1. The lowest BCUT2D eigenvalue weighted by Gasteiger charge is -2.30. The van der Waals surface area contributed by atoms with Crippen molar-refractivity contribution in [3.05, 3.63) is 60.4 Å². The van der Waals surface area contributed by atoms with Crippen LogP contribution < -0.4 is 0 Å². The summed E-state index contributed by atoms with van der Waals surface area (Å²) in [6.07, 6.45) is 5.75. The molecule has 1 aromatic carbocycles. The monoisotopic (exact) mass is 421 g/mol. The van der Waals surface area contributed by atoms with Crippen molar-refractivity contribution < 1.29 is 9.53 Å². The minimum Gasteiger partial charge on any atom is -0.378 e. The van der Waals surface area contributed by atoms with Crippen LogP contribution in [0.5, 0.6) is 0 Å². The average molecular weight is 422 g/mol. The molecule has 1 saturated carbocycles. The van der Waals surface area contributed by atoms with Gasteiger partial charge in [0.25, 0.3) is 0 Å². The van der Waals surface area contributed by atoms with Crippen molar-refractivity contribution in [1.29, 1.82) is 0 Å². The number of morpholine rings is 1. The molecule has 1 atom stereocenters. The van der Waals surface area contributed by atoms with Gasteiger partial charge in [-0.05, 0) is 30.5 Å². The van der Waals surface area contributed by atoms with Crippen LogP contribution in [-0.4, -0.2) is 56.9 Å². The standard InChI is InChI=1S/C22H23N5O2S/c28-21(26-12-14-29-15-13-26)19(16-4-2-1-3-5-16)30-22-25-24-20(27(22)18-6-7-18)17-8-10-23-11-9-17/h1-5,8-11,18-19H,6-7,12-15H2/t19-/m1/s1. The van der Waals surface area contributed by atoms with Gasteiger partial charge in [-0.15, -0.1) is 10.2 Å². The number of ether oxygens (including phenoxy) is 1. The number of carbonyl (C=O) groups excluding carboxylic acids is 1. The molecule has 2 fully saturated rings. The van der Waals surface area contributed by atoms with Crippen molar-refractivity contribution in [3.63, 3.8) is 0 Å². The molecule has 2 aromatic heterocycles. The van der Waals surface area contributed by atoms with Gasteiger partial charge >= 0.3 is 0 Å². The Hall–Kier alpha value is -2.71. The van der Waals surface area contributed by atoms with Crippen molar-refractivity contribution in [3.8, 4) is 11.4 Å². The molecule has 154 valence electrons. The Labute approximate surface area is 179 Å². The Bertz CT molecular complexity index is 1000. The first-order valence-corrected chi connectivity index (χ1v) is 11.1. The van der Waals surface area contributed by atoms with Crippen LogP contribution in [0, 0.1) is 0 Å². The fourth-order valence-electron chi connectivity index (χ4n) is 3.66. The highest BCUT2D eigenvalue weighted by atomic mass is 32.2. The van der Waals surface area contributed by atoms with Crippen LogP contribution in [0.4, 0.5) is 0 Å². The molecule has 0 radical (unpaired) electrons. The van der Waals surface area contributed by atoms with E-state index in [1.54, 1.807) is 12.4 Å². The van der Waals surface area contributed by atoms with E-state index in [1.165, 1.54) is 11.8 Å². The van der Waals surface area contributed by atoms with Crippen molar-refractivity contribution in [1.82, 2.24) is 24.6 Å². The Morgan fingerprint density at radius 1 is 1.03 bits per heavy atom. The lowest BCUT2D eigenvalue weighted by molar-refractivity contribution is -0.134. The fraction of sp³-hybridized carbons (Fsp3) is 0.364. The number of aromatic nitrogens is 4. The highest BCUT2D eigenvalue weighted by molar-refractivity contribution is 8.00. The Morgan fingerprint density at radius 3 is 2.47 bits per heavy atom. The largest absolute Gasteiger partial charge is 0.378 e. The molecule has 2 aliphatic rings. The average Bonchev–Trinajstić information content (AvgIpc) is 3.58. The van der Waals surface area contributed by atoms with Gasteiger partial charge in [-0.1, -0.05) is 42.1 Å². The number of hydrogen-bond acceptors (Lipinski definition) is 6. The Kier molecular flexibility index (Phi) is 5.50. The summed E-state index contributed by atoms with van der Waals surface area (Å²) in [7, 11) is 0. The highest BCUT2D eigenvalue weighted by Gasteiger charge is 2.34. The molecule has 0 spiro atoms. The van der Waals surface area contributed by atoms with E-state index in [-0.39, 0.29) is 11.2 Å². The van der Waals surface area contributed by atoms with Crippen molar-refractivity contribution >= 4 is 17.7 Å². The zero-order valence-corrected chi connectivity index (χ0v) is 17.4. The molecule has 1 amide bonds. The summed E-state index contributed by atoms with van der Waals surface area (Å²) in [5.74, 6) is 0.943. The second-order valence-corrected chi connectivity index (χ2v) is 8.56. The Balaban J connectivity index is 1.49. The summed E-state index contributed by atoms with van der Waals surface area (Å²) < 4.78 is 7.63.